The number of rotatable bonds is 8. The molecule has 0 spiro atoms. The van der Waals surface area contributed by atoms with Crippen molar-refractivity contribution in [1.29, 1.82) is 0 Å². The molecule has 3 rings (SSSR count). The van der Waals surface area contributed by atoms with E-state index >= 15 is 0 Å². The van der Waals surface area contributed by atoms with Crippen LogP contribution in [-0.2, 0) is 11.3 Å². The highest BCUT2D eigenvalue weighted by molar-refractivity contribution is 7.99. The Morgan fingerprint density at radius 3 is 2.43 bits per heavy atom. The first-order valence-electron chi connectivity index (χ1n) is 9.26. The van der Waals surface area contributed by atoms with Gasteiger partial charge in [0.2, 0.25) is 5.91 Å². The number of thioether (sulfide) groups is 1. The van der Waals surface area contributed by atoms with Crippen molar-refractivity contribution in [1.82, 2.24) is 14.8 Å². The zero-order chi connectivity index (χ0) is 19.9. The molecule has 0 saturated carbocycles. The highest BCUT2D eigenvalue weighted by atomic mass is 32.2. The average Bonchev–Trinajstić information content (AvgIpc) is 3.12. The van der Waals surface area contributed by atoms with Gasteiger partial charge in [-0.3, -0.25) is 4.79 Å². The van der Waals surface area contributed by atoms with Crippen molar-refractivity contribution < 1.29 is 9.53 Å². The number of benzene rings is 2. The van der Waals surface area contributed by atoms with E-state index < -0.39 is 0 Å². The number of nitrogens with one attached hydrogen (secondary N) is 1. The van der Waals surface area contributed by atoms with Gasteiger partial charge in [0.25, 0.3) is 0 Å². The summed E-state index contributed by atoms with van der Waals surface area (Å²) in [6, 6.07) is 15.5. The maximum absolute atomic E-state index is 12.2. The summed E-state index contributed by atoms with van der Waals surface area (Å²) in [5.74, 6) is 1.82. The van der Waals surface area contributed by atoms with Crippen LogP contribution >= 0.6 is 11.8 Å². The summed E-state index contributed by atoms with van der Waals surface area (Å²) < 4.78 is 7.50. The summed E-state index contributed by atoms with van der Waals surface area (Å²) in [4.78, 5) is 12.2. The van der Waals surface area contributed by atoms with Gasteiger partial charge in [0.15, 0.2) is 11.0 Å². The zero-order valence-corrected chi connectivity index (χ0v) is 17.1. The lowest BCUT2D eigenvalue weighted by Crippen LogP contribution is -2.14. The molecule has 0 bridgehead atoms. The van der Waals surface area contributed by atoms with Gasteiger partial charge in [-0.25, -0.2) is 0 Å². The van der Waals surface area contributed by atoms with Crippen LogP contribution in [0.2, 0.25) is 0 Å². The first-order chi connectivity index (χ1) is 13.6. The smallest absolute Gasteiger partial charge is 0.234 e. The molecule has 1 aromatic heterocycles. The lowest BCUT2D eigenvalue weighted by molar-refractivity contribution is -0.113. The third-order valence-corrected chi connectivity index (χ3v) is 5.09. The Kier molecular flexibility index (Phi) is 6.71. The van der Waals surface area contributed by atoms with E-state index in [0.717, 1.165) is 40.1 Å². The third kappa shape index (κ3) is 4.92. The van der Waals surface area contributed by atoms with Crippen LogP contribution in [0.5, 0.6) is 5.75 Å². The number of hydrogen-bond donors (Lipinski definition) is 1. The maximum atomic E-state index is 12.2. The summed E-state index contributed by atoms with van der Waals surface area (Å²) in [6.45, 7) is 7.37. The second-order valence-electron chi connectivity index (χ2n) is 6.21. The van der Waals surface area contributed by atoms with Crippen LogP contribution in [0.25, 0.3) is 11.4 Å². The molecule has 0 unspecified atom stereocenters. The minimum absolute atomic E-state index is 0.0675. The summed E-state index contributed by atoms with van der Waals surface area (Å²) in [6.07, 6.45) is 0. The number of nitrogens with zero attached hydrogens (tertiary/aromatic N) is 3. The van der Waals surface area contributed by atoms with Gasteiger partial charge in [-0.1, -0.05) is 29.5 Å². The van der Waals surface area contributed by atoms with Crippen LogP contribution in [0, 0.1) is 6.92 Å². The zero-order valence-electron chi connectivity index (χ0n) is 16.3. The molecule has 6 nitrogen and oxygen atoms in total. The van der Waals surface area contributed by atoms with Crippen molar-refractivity contribution >= 4 is 23.4 Å². The van der Waals surface area contributed by atoms with E-state index in [0.29, 0.717) is 6.61 Å². The molecule has 146 valence electrons. The molecule has 0 saturated heterocycles. The highest BCUT2D eigenvalue weighted by Gasteiger charge is 2.15. The molecule has 0 atom stereocenters. The monoisotopic (exact) mass is 396 g/mol. The Bertz CT molecular complexity index is 921. The van der Waals surface area contributed by atoms with Crippen LogP contribution in [0.1, 0.15) is 19.4 Å². The minimum atomic E-state index is -0.0675. The summed E-state index contributed by atoms with van der Waals surface area (Å²) in [5, 5.41) is 12.2. The normalized spacial score (nSPS) is 10.7. The molecule has 7 heteroatoms. The molecule has 0 radical (unpaired) electrons. The Morgan fingerprint density at radius 2 is 1.79 bits per heavy atom. The number of hydrogen-bond acceptors (Lipinski definition) is 5. The fourth-order valence-corrected chi connectivity index (χ4v) is 3.53. The molecule has 1 heterocycles. The SMILES string of the molecule is CCOc1ccc(-c2nnc(SCC(=O)Nc3ccc(C)cc3)n2CC)cc1. The summed E-state index contributed by atoms with van der Waals surface area (Å²) >= 11 is 1.38. The lowest BCUT2D eigenvalue weighted by Gasteiger charge is -2.09. The molecule has 2 aromatic carbocycles. The topological polar surface area (TPSA) is 69.0 Å². The van der Waals surface area contributed by atoms with Crippen LogP contribution in [0.15, 0.2) is 53.7 Å². The van der Waals surface area contributed by atoms with Crippen molar-refractivity contribution in [2.24, 2.45) is 0 Å². The van der Waals surface area contributed by atoms with Crippen molar-refractivity contribution in [2.75, 3.05) is 17.7 Å². The van der Waals surface area contributed by atoms with Crippen LogP contribution in [-0.4, -0.2) is 33.0 Å². The van der Waals surface area contributed by atoms with E-state index in [1.807, 2.05) is 73.9 Å². The molecule has 0 aliphatic rings. The van der Waals surface area contributed by atoms with Gasteiger partial charge in [-0.15, -0.1) is 10.2 Å². The highest BCUT2D eigenvalue weighted by Crippen LogP contribution is 2.25. The van der Waals surface area contributed by atoms with E-state index in [-0.39, 0.29) is 11.7 Å². The number of aromatic nitrogens is 3. The first kappa shape index (κ1) is 19.9. The van der Waals surface area contributed by atoms with Gasteiger partial charge in [-0.2, -0.15) is 0 Å². The van der Waals surface area contributed by atoms with E-state index in [2.05, 4.69) is 15.5 Å². The summed E-state index contributed by atoms with van der Waals surface area (Å²) in [7, 11) is 0. The molecular formula is C21H24N4O2S. The number of anilines is 1. The van der Waals surface area contributed by atoms with Gasteiger partial charge in [0, 0.05) is 17.8 Å². The number of carbonyl (C=O) groups is 1. The molecule has 0 aliphatic carbocycles. The van der Waals surface area contributed by atoms with Crippen LogP contribution in [0.3, 0.4) is 0 Å². The molecule has 0 aliphatic heterocycles. The fourth-order valence-electron chi connectivity index (χ4n) is 2.73. The maximum Gasteiger partial charge on any atom is 0.234 e. The predicted octanol–water partition coefficient (Wildman–Crippen LogP) is 4.40. The first-order valence-corrected chi connectivity index (χ1v) is 10.2. The number of aryl methyl sites for hydroxylation is 1. The molecule has 0 fully saturated rings. The Balaban J connectivity index is 1.66. The Labute approximate surface area is 169 Å². The van der Waals surface area contributed by atoms with Crippen molar-refractivity contribution in [3.05, 3.63) is 54.1 Å². The molecule has 1 N–H and O–H groups in total. The summed E-state index contributed by atoms with van der Waals surface area (Å²) in [5.41, 5.74) is 2.92. The van der Waals surface area contributed by atoms with Crippen molar-refractivity contribution in [3.8, 4) is 17.1 Å². The molecule has 1 amide bonds. The van der Waals surface area contributed by atoms with Crippen LogP contribution in [0.4, 0.5) is 5.69 Å². The third-order valence-electron chi connectivity index (χ3n) is 4.12. The Morgan fingerprint density at radius 1 is 1.07 bits per heavy atom. The standard InChI is InChI=1S/C21H24N4O2S/c1-4-25-20(16-8-12-18(13-9-16)27-5-2)23-24-21(25)28-14-19(26)22-17-10-6-15(3)7-11-17/h6-13H,4-5,14H2,1-3H3,(H,22,26). The van der Waals surface area contributed by atoms with Gasteiger partial charge in [-0.05, 0) is 57.2 Å². The molecular weight excluding hydrogens is 372 g/mol. The molecule has 28 heavy (non-hydrogen) atoms. The molecule has 3 aromatic rings. The second kappa shape index (κ2) is 9.41. The largest absolute Gasteiger partial charge is 0.494 e. The van der Waals surface area contributed by atoms with E-state index in [9.17, 15) is 4.79 Å². The Hall–Kier alpha value is -2.80. The van der Waals surface area contributed by atoms with Gasteiger partial charge < -0.3 is 14.6 Å². The average molecular weight is 397 g/mol. The second-order valence-corrected chi connectivity index (χ2v) is 7.15. The number of amides is 1. The number of carbonyl (C=O) groups excluding carboxylic acids is 1. The predicted molar refractivity (Wildman–Crippen MR) is 113 cm³/mol. The van der Waals surface area contributed by atoms with E-state index in [1.165, 1.54) is 11.8 Å². The lowest BCUT2D eigenvalue weighted by atomic mass is 10.2. The van der Waals surface area contributed by atoms with Gasteiger partial charge >= 0.3 is 0 Å². The van der Waals surface area contributed by atoms with Crippen molar-refractivity contribution in [2.45, 2.75) is 32.5 Å². The van der Waals surface area contributed by atoms with E-state index in [1.54, 1.807) is 0 Å². The fraction of sp³-hybridized carbons (Fsp3) is 0.286. The van der Waals surface area contributed by atoms with Gasteiger partial charge in [0.1, 0.15) is 5.75 Å². The van der Waals surface area contributed by atoms with Gasteiger partial charge in [0.05, 0.1) is 12.4 Å². The number of ether oxygens (including phenoxy) is 1. The van der Waals surface area contributed by atoms with E-state index in [4.69, 9.17) is 4.74 Å². The quantitative estimate of drug-likeness (QED) is 0.572. The van der Waals surface area contributed by atoms with Crippen LogP contribution < -0.4 is 10.1 Å². The van der Waals surface area contributed by atoms with Crippen molar-refractivity contribution in [3.63, 3.8) is 0 Å². The minimum Gasteiger partial charge on any atom is -0.494 e.